The molecule has 0 radical (unpaired) electrons. The molecule has 1 aromatic carbocycles. The highest BCUT2D eigenvalue weighted by atomic mass is 32.1. The van der Waals surface area contributed by atoms with Gasteiger partial charge in [0.25, 0.3) is 5.91 Å². The van der Waals surface area contributed by atoms with Crippen molar-refractivity contribution in [1.82, 2.24) is 20.3 Å². The number of hydrogen-bond donors (Lipinski definition) is 4. The molecule has 3 aromatic rings. The molecule has 1 amide bonds. The first-order valence-corrected chi connectivity index (χ1v) is 12.0. The Morgan fingerprint density at radius 2 is 2.06 bits per heavy atom. The Balaban J connectivity index is 1.66. The Morgan fingerprint density at radius 3 is 2.72 bits per heavy atom. The summed E-state index contributed by atoms with van der Waals surface area (Å²) in [5, 5.41) is 8.79. The number of hydroxylamine groups is 1. The summed E-state index contributed by atoms with van der Waals surface area (Å²) < 4.78 is 6.53. The van der Waals surface area contributed by atoms with Crippen molar-refractivity contribution in [2.45, 2.75) is 6.54 Å². The number of carbonyl (C=O) groups excluding carboxylic acids is 1. The molecular weight excluding hydrogens is 480 g/mol. The summed E-state index contributed by atoms with van der Waals surface area (Å²) in [6, 6.07) is 9.54. The minimum atomic E-state index is -0.722. The number of rotatable bonds is 7. The van der Waals surface area contributed by atoms with E-state index in [9.17, 15) is 4.79 Å². The Bertz CT molecular complexity index is 1310. The van der Waals surface area contributed by atoms with Gasteiger partial charge in [-0.05, 0) is 30.3 Å². The molecule has 0 atom stereocenters. The minimum absolute atomic E-state index is 0.0799. The molecule has 1 aliphatic rings. The fraction of sp³-hybridized carbons (Fsp3) is 0.250. The Labute approximate surface area is 212 Å². The van der Waals surface area contributed by atoms with E-state index in [0.717, 1.165) is 39.6 Å². The number of carbonyl (C=O) groups is 1. The van der Waals surface area contributed by atoms with E-state index in [2.05, 4.69) is 16.5 Å². The van der Waals surface area contributed by atoms with Crippen LogP contribution in [0.2, 0.25) is 0 Å². The van der Waals surface area contributed by atoms with Crippen molar-refractivity contribution in [1.29, 1.82) is 0 Å². The average molecular weight is 509 g/mol. The molecule has 0 aliphatic carbocycles. The van der Waals surface area contributed by atoms with Gasteiger partial charge in [-0.2, -0.15) is 0 Å². The van der Waals surface area contributed by atoms with Gasteiger partial charge in [0.15, 0.2) is 17.6 Å². The molecule has 188 valence electrons. The number of anilines is 2. The summed E-state index contributed by atoms with van der Waals surface area (Å²) in [7, 11) is 1.80. The van der Waals surface area contributed by atoms with E-state index >= 15 is 0 Å². The number of fused-ring (bicyclic) bond motifs is 1. The predicted molar refractivity (Wildman–Crippen MR) is 142 cm³/mol. The van der Waals surface area contributed by atoms with Crippen LogP contribution in [0.25, 0.3) is 21.6 Å². The number of nitrogens with zero attached hydrogens (tertiary/aromatic N) is 5. The number of benzene rings is 1. The van der Waals surface area contributed by atoms with E-state index in [1.54, 1.807) is 28.8 Å². The van der Waals surface area contributed by atoms with Crippen molar-refractivity contribution >= 4 is 44.9 Å². The highest BCUT2D eigenvalue weighted by molar-refractivity contribution is 7.19. The molecule has 1 fully saturated rings. The molecule has 11 nitrogen and oxygen atoms in total. The van der Waals surface area contributed by atoms with E-state index in [-0.39, 0.29) is 11.5 Å². The van der Waals surface area contributed by atoms with Gasteiger partial charge < -0.3 is 26.0 Å². The standard InChI is InChI=1S/C24H28N8O3S/c1-3-15(23(33)30-34)13-27-24(26)31(2)14-18-12-19-20(36-18)22(32-8-10-35-11-9-32)29-21(28-19)16-4-6-17(25)7-5-16/h3-7,12-13,34H,1,8-11,14,25H2,2H3,(H2,26,27)(H,30,33)/b15-13+. The van der Waals surface area contributed by atoms with Crippen LogP contribution in [0.4, 0.5) is 11.5 Å². The molecule has 0 saturated carbocycles. The van der Waals surface area contributed by atoms with Gasteiger partial charge in [0.2, 0.25) is 0 Å². The summed E-state index contributed by atoms with van der Waals surface area (Å²) in [6.07, 6.45) is 2.52. The van der Waals surface area contributed by atoms with Gasteiger partial charge in [0.1, 0.15) is 0 Å². The van der Waals surface area contributed by atoms with Gasteiger partial charge in [-0.3, -0.25) is 10.0 Å². The van der Waals surface area contributed by atoms with E-state index in [0.29, 0.717) is 31.3 Å². The lowest BCUT2D eigenvalue weighted by Crippen LogP contribution is -2.36. The normalized spacial score (nSPS) is 14.7. The Kier molecular flexibility index (Phi) is 7.78. The summed E-state index contributed by atoms with van der Waals surface area (Å²) in [5.74, 6) is 0.982. The molecule has 3 heterocycles. The van der Waals surface area contributed by atoms with Crippen molar-refractivity contribution in [2.24, 2.45) is 10.7 Å². The Hall–Kier alpha value is -4.00. The molecule has 0 spiro atoms. The fourth-order valence-corrected chi connectivity index (χ4v) is 4.78. The third kappa shape index (κ3) is 5.62. The zero-order chi connectivity index (χ0) is 25.7. The fourth-order valence-electron chi connectivity index (χ4n) is 3.61. The lowest BCUT2D eigenvalue weighted by atomic mass is 10.2. The highest BCUT2D eigenvalue weighted by Gasteiger charge is 2.20. The maximum atomic E-state index is 11.6. The zero-order valence-electron chi connectivity index (χ0n) is 19.8. The second-order valence-electron chi connectivity index (χ2n) is 8.09. The van der Waals surface area contributed by atoms with Crippen LogP contribution in [0, 0.1) is 0 Å². The highest BCUT2D eigenvalue weighted by Crippen LogP contribution is 2.35. The second kappa shape index (κ2) is 11.2. The van der Waals surface area contributed by atoms with Crippen LogP contribution in [-0.4, -0.2) is 65.3 Å². The third-order valence-corrected chi connectivity index (χ3v) is 6.69. The van der Waals surface area contributed by atoms with Gasteiger partial charge in [-0.15, -0.1) is 11.3 Å². The van der Waals surface area contributed by atoms with E-state index in [1.807, 2.05) is 30.3 Å². The number of amides is 1. The summed E-state index contributed by atoms with van der Waals surface area (Å²) >= 11 is 1.60. The van der Waals surface area contributed by atoms with Crippen molar-refractivity contribution in [3.63, 3.8) is 0 Å². The lowest BCUT2D eigenvalue weighted by Gasteiger charge is -2.28. The smallest absolute Gasteiger partial charge is 0.276 e. The molecule has 0 unspecified atom stereocenters. The van der Waals surface area contributed by atoms with Crippen LogP contribution in [0.5, 0.6) is 0 Å². The van der Waals surface area contributed by atoms with Crippen LogP contribution in [-0.2, 0) is 16.1 Å². The summed E-state index contributed by atoms with van der Waals surface area (Å²) in [4.78, 5) is 30.5. The van der Waals surface area contributed by atoms with Crippen LogP contribution < -0.4 is 21.8 Å². The maximum Gasteiger partial charge on any atom is 0.276 e. The summed E-state index contributed by atoms with van der Waals surface area (Å²) in [6.45, 7) is 6.79. The lowest BCUT2D eigenvalue weighted by molar-refractivity contribution is -0.124. The predicted octanol–water partition coefficient (Wildman–Crippen LogP) is 2.10. The molecule has 12 heteroatoms. The molecule has 36 heavy (non-hydrogen) atoms. The molecule has 2 aromatic heterocycles. The van der Waals surface area contributed by atoms with Crippen LogP contribution >= 0.6 is 11.3 Å². The number of guanidine groups is 1. The first kappa shape index (κ1) is 25.1. The topological polar surface area (TPSA) is 155 Å². The minimum Gasteiger partial charge on any atom is -0.399 e. The van der Waals surface area contributed by atoms with Crippen LogP contribution in [0.3, 0.4) is 0 Å². The monoisotopic (exact) mass is 508 g/mol. The number of morpholine rings is 1. The first-order chi connectivity index (χ1) is 17.4. The first-order valence-electron chi connectivity index (χ1n) is 11.2. The maximum absolute atomic E-state index is 11.6. The van der Waals surface area contributed by atoms with Gasteiger partial charge in [0.05, 0.1) is 35.5 Å². The Morgan fingerprint density at radius 1 is 1.33 bits per heavy atom. The number of nitrogens with one attached hydrogen (secondary N) is 1. The zero-order valence-corrected chi connectivity index (χ0v) is 20.7. The summed E-state index contributed by atoms with van der Waals surface area (Å²) in [5.41, 5.74) is 16.0. The molecule has 4 rings (SSSR count). The van der Waals surface area contributed by atoms with Crippen molar-refractivity contribution in [3.8, 4) is 11.4 Å². The van der Waals surface area contributed by atoms with E-state index in [1.165, 1.54) is 12.3 Å². The van der Waals surface area contributed by atoms with Crippen molar-refractivity contribution in [3.05, 3.63) is 59.6 Å². The van der Waals surface area contributed by atoms with Gasteiger partial charge >= 0.3 is 0 Å². The van der Waals surface area contributed by atoms with E-state index in [4.69, 9.17) is 31.4 Å². The van der Waals surface area contributed by atoms with Gasteiger partial charge in [0, 0.05) is 42.5 Å². The van der Waals surface area contributed by atoms with Gasteiger partial charge in [-0.25, -0.2) is 20.4 Å². The molecule has 0 bridgehead atoms. The second-order valence-corrected chi connectivity index (χ2v) is 9.23. The largest absolute Gasteiger partial charge is 0.399 e. The molecule has 1 aliphatic heterocycles. The van der Waals surface area contributed by atoms with Crippen LogP contribution in [0.1, 0.15) is 4.88 Å². The number of nitrogens with two attached hydrogens (primary N) is 2. The van der Waals surface area contributed by atoms with Gasteiger partial charge in [-0.1, -0.05) is 12.7 Å². The number of hydrogen-bond acceptors (Lipinski definition) is 9. The van der Waals surface area contributed by atoms with Crippen molar-refractivity contribution in [2.75, 3.05) is 44.0 Å². The average Bonchev–Trinajstić information content (AvgIpc) is 3.31. The van der Waals surface area contributed by atoms with Crippen molar-refractivity contribution < 1.29 is 14.7 Å². The number of aliphatic imine (C=N–C) groups is 1. The third-order valence-electron chi connectivity index (χ3n) is 5.59. The SMILES string of the molecule is C=C/C(=C\N=C(N)N(C)Cc1cc2nc(-c3ccc(N)cc3)nc(N3CCOCC3)c2s1)C(=O)NO. The number of thiophene rings is 1. The number of aromatic nitrogens is 2. The molecule has 6 N–H and O–H groups in total. The molecular formula is C24H28N8O3S. The van der Waals surface area contributed by atoms with Crippen LogP contribution in [0.15, 0.2) is 59.8 Å². The number of ether oxygens (including phenoxy) is 1. The van der Waals surface area contributed by atoms with E-state index < -0.39 is 5.91 Å². The number of nitrogen functional groups attached to an aromatic ring is 1. The molecule has 1 saturated heterocycles. The quantitative estimate of drug-likeness (QED) is 0.0714.